The van der Waals surface area contributed by atoms with Gasteiger partial charge < -0.3 is 14.4 Å². The molecule has 15 rings (SSSR count). The lowest BCUT2D eigenvalue weighted by atomic mass is 9.91. The van der Waals surface area contributed by atoms with Gasteiger partial charge >= 0.3 is 0 Å². The number of nitrogens with zero attached hydrogens (tertiary/aromatic N) is 8. The average molecular weight is 899 g/mol. The van der Waals surface area contributed by atoms with Crippen molar-refractivity contribution in [3.05, 3.63) is 242 Å². The van der Waals surface area contributed by atoms with Crippen molar-refractivity contribution < 1.29 is 0 Å². The Labute approximate surface area is 403 Å². The number of fused-ring (bicyclic) bond motifs is 13. The van der Waals surface area contributed by atoms with Crippen LogP contribution >= 0.6 is 0 Å². The number of rotatable bonds is 6. The summed E-state index contributed by atoms with van der Waals surface area (Å²) in [6.45, 7) is 0. The maximum Gasteiger partial charge on any atom is 0.240 e. The van der Waals surface area contributed by atoms with Gasteiger partial charge in [0.2, 0.25) is 11.9 Å². The minimum absolute atomic E-state index is 0.00188. The van der Waals surface area contributed by atoms with Gasteiger partial charge in [0.25, 0.3) is 0 Å². The molecule has 0 saturated carbocycles. The van der Waals surface area contributed by atoms with Crippen molar-refractivity contribution in [2.75, 3.05) is 9.80 Å². The molecule has 0 N–H and O–H groups in total. The molecule has 8 heteroatoms. The summed E-state index contributed by atoms with van der Waals surface area (Å²) in [5, 5.41) is 4.70. The van der Waals surface area contributed by atoms with Crippen LogP contribution in [0.4, 0.5) is 23.0 Å². The first-order valence-electron chi connectivity index (χ1n) is 24.1. The number of allylic oxidation sites excluding steroid dienone is 4. The van der Waals surface area contributed by atoms with Crippen LogP contribution in [0.1, 0.15) is 23.0 Å². The molecule has 0 fully saturated rings. The van der Waals surface area contributed by atoms with Gasteiger partial charge in [0.15, 0.2) is 5.82 Å². The summed E-state index contributed by atoms with van der Waals surface area (Å²) in [7, 11) is 0. The van der Waals surface area contributed by atoms with E-state index in [0.717, 1.165) is 50.1 Å². The van der Waals surface area contributed by atoms with Crippen LogP contribution in [0.3, 0.4) is 0 Å². The summed E-state index contributed by atoms with van der Waals surface area (Å²) < 4.78 is 4.64. The Bertz CT molecular complexity index is 4010. The van der Waals surface area contributed by atoms with Gasteiger partial charge in [0.1, 0.15) is 5.69 Å². The third-order valence-corrected chi connectivity index (χ3v) is 14.8. The molecule has 6 heterocycles. The molecule has 4 atom stereocenters. The highest BCUT2D eigenvalue weighted by atomic mass is 15.3. The minimum atomic E-state index is -0.0224. The Morgan fingerprint density at radius 1 is 0.371 bits per heavy atom. The monoisotopic (exact) mass is 898 g/mol. The lowest BCUT2D eigenvalue weighted by molar-refractivity contribution is 0.725. The Kier molecular flexibility index (Phi) is 8.44. The molecule has 4 aromatic heterocycles. The number of hydrogen-bond donors (Lipinski definition) is 0. The molecular formula is C62H42N8. The lowest BCUT2D eigenvalue weighted by Crippen LogP contribution is -2.30. The summed E-state index contributed by atoms with van der Waals surface area (Å²) in [6, 6.07) is 64.8. The van der Waals surface area contributed by atoms with Gasteiger partial charge in [-0.2, -0.15) is 15.0 Å². The quantitative estimate of drug-likeness (QED) is 0.166. The number of hydrogen-bond acceptors (Lipinski definition) is 6. The third-order valence-electron chi connectivity index (χ3n) is 14.8. The zero-order valence-corrected chi connectivity index (χ0v) is 37.8. The van der Waals surface area contributed by atoms with Crippen LogP contribution in [-0.2, 0) is 0 Å². The predicted molar refractivity (Wildman–Crippen MR) is 284 cm³/mol. The van der Waals surface area contributed by atoms with Gasteiger partial charge in [-0.1, -0.05) is 182 Å². The Morgan fingerprint density at radius 2 is 0.929 bits per heavy atom. The van der Waals surface area contributed by atoms with Crippen molar-refractivity contribution in [3.8, 4) is 34.4 Å². The van der Waals surface area contributed by atoms with Gasteiger partial charge in [-0.3, -0.25) is 4.57 Å². The number of para-hydroxylation sites is 5. The standard InChI is InChI=1S/C62H42N8/c1-3-19-39(20-4-1)50-37-41(68-53-30-14-12-28-47(53)49-36-35-48-46-27-11-13-29-52(46)67(58(48)59(49)68)40-21-5-2-6-22-40)38-51(63-50)60-64-61(69-54-31-15-7-23-42(54)43-24-8-16-32-55(43)69)66-62(65-60)70-56-33-17-9-25-44(56)45-26-10-18-34-57(45)70/h1-38,42,47,53-54H. The number of anilines is 4. The largest absolute Gasteiger partial charge is 0.331 e. The van der Waals surface area contributed by atoms with Gasteiger partial charge in [0.05, 0.1) is 45.5 Å². The normalized spacial score (nSPS) is 18.6. The molecule has 0 amide bonds. The fourth-order valence-electron chi connectivity index (χ4n) is 11.9. The first-order valence-corrected chi connectivity index (χ1v) is 24.1. The molecule has 4 unspecified atom stereocenters. The van der Waals surface area contributed by atoms with E-state index in [1.54, 1.807) is 0 Å². The van der Waals surface area contributed by atoms with E-state index in [2.05, 4.69) is 250 Å². The minimum Gasteiger partial charge on any atom is -0.331 e. The van der Waals surface area contributed by atoms with Crippen molar-refractivity contribution >= 4 is 66.6 Å². The van der Waals surface area contributed by atoms with Gasteiger partial charge in [-0.05, 0) is 59.7 Å². The number of aromatic nitrogens is 6. The molecular weight excluding hydrogens is 857 g/mol. The average Bonchev–Trinajstić information content (AvgIpc) is 4.16. The molecule has 7 aromatic carbocycles. The van der Waals surface area contributed by atoms with Gasteiger partial charge in [-0.25, -0.2) is 4.98 Å². The van der Waals surface area contributed by atoms with Crippen LogP contribution in [0, 0.1) is 0 Å². The maximum absolute atomic E-state index is 5.54. The molecule has 4 aliphatic rings. The first kappa shape index (κ1) is 38.9. The Morgan fingerprint density at radius 3 is 1.66 bits per heavy atom. The topological polar surface area (TPSA) is 67.9 Å². The van der Waals surface area contributed by atoms with E-state index in [4.69, 9.17) is 19.9 Å². The van der Waals surface area contributed by atoms with Crippen LogP contribution < -0.4 is 9.80 Å². The SMILES string of the molecule is C1=CC2c3ccccc3N(c3nc(-c4cc(N5c6c(ccc7c8ccccc8n(-c8ccccc8)c67)C6C=CC=CC65)cc(-c5ccccc5)n4)nc(-n4c5ccccc5c5ccccc54)n3)C2C=C1. The highest BCUT2D eigenvalue weighted by Crippen LogP contribution is 2.54. The number of benzene rings is 7. The molecule has 0 saturated heterocycles. The van der Waals surface area contributed by atoms with E-state index in [0.29, 0.717) is 23.4 Å². The van der Waals surface area contributed by atoms with Crippen molar-refractivity contribution in [3.63, 3.8) is 0 Å². The Hall–Kier alpha value is -9.14. The van der Waals surface area contributed by atoms with E-state index in [1.165, 1.54) is 38.6 Å². The summed E-state index contributed by atoms with van der Waals surface area (Å²) in [6.07, 6.45) is 17.9. The molecule has 8 nitrogen and oxygen atoms in total. The van der Waals surface area contributed by atoms with E-state index >= 15 is 0 Å². The van der Waals surface area contributed by atoms with E-state index in [1.807, 2.05) is 0 Å². The zero-order valence-electron chi connectivity index (χ0n) is 37.8. The van der Waals surface area contributed by atoms with Gasteiger partial charge in [0, 0.05) is 56.0 Å². The second-order valence-electron chi connectivity index (χ2n) is 18.5. The van der Waals surface area contributed by atoms with Crippen LogP contribution in [0.15, 0.2) is 231 Å². The van der Waals surface area contributed by atoms with Gasteiger partial charge in [-0.15, -0.1) is 0 Å². The summed E-state index contributed by atoms with van der Waals surface area (Å²) in [5.74, 6) is 1.85. The summed E-state index contributed by atoms with van der Waals surface area (Å²) in [4.78, 5) is 26.9. The smallest absolute Gasteiger partial charge is 0.240 e. The van der Waals surface area contributed by atoms with E-state index < -0.39 is 0 Å². The first-order chi connectivity index (χ1) is 34.7. The van der Waals surface area contributed by atoms with Crippen LogP contribution in [0.25, 0.3) is 78.0 Å². The number of pyridine rings is 1. The lowest BCUT2D eigenvalue weighted by Gasteiger charge is -2.30. The molecule has 2 aliphatic carbocycles. The van der Waals surface area contributed by atoms with E-state index in [-0.39, 0.29) is 23.9 Å². The van der Waals surface area contributed by atoms with E-state index in [9.17, 15) is 0 Å². The highest BCUT2D eigenvalue weighted by molar-refractivity contribution is 6.15. The second-order valence-corrected chi connectivity index (χ2v) is 18.5. The van der Waals surface area contributed by atoms with Crippen molar-refractivity contribution in [1.29, 1.82) is 0 Å². The van der Waals surface area contributed by atoms with Crippen molar-refractivity contribution in [2.24, 2.45) is 0 Å². The summed E-state index contributed by atoms with van der Waals surface area (Å²) in [5.41, 5.74) is 13.8. The molecule has 0 spiro atoms. The predicted octanol–water partition coefficient (Wildman–Crippen LogP) is 14.3. The second kappa shape index (κ2) is 15.2. The van der Waals surface area contributed by atoms with Crippen LogP contribution in [0.5, 0.6) is 0 Å². The highest BCUT2D eigenvalue weighted by Gasteiger charge is 2.42. The molecule has 2 aliphatic heterocycles. The zero-order chi connectivity index (χ0) is 45.9. The van der Waals surface area contributed by atoms with Crippen molar-refractivity contribution in [1.82, 2.24) is 29.1 Å². The molecule has 330 valence electrons. The van der Waals surface area contributed by atoms with Crippen LogP contribution in [-0.4, -0.2) is 41.2 Å². The fraction of sp³-hybridized carbons (Fsp3) is 0.0645. The molecule has 0 radical (unpaired) electrons. The Balaban J connectivity index is 1.02. The molecule has 70 heavy (non-hydrogen) atoms. The summed E-state index contributed by atoms with van der Waals surface area (Å²) >= 11 is 0. The molecule has 11 aromatic rings. The maximum atomic E-state index is 5.54. The third kappa shape index (κ3) is 5.70. The molecule has 0 bridgehead atoms. The van der Waals surface area contributed by atoms with Crippen LogP contribution in [0.2, 0.25) is 0 Å². The fourth-order valence-corrected chi connectivity index (χ4v) is 11.9. The van der Waals surface area contributed by atoms with Crippen molar-refractivity contribution in [2.45, 2.75) is 23.9 Å².